The second-order valence-electron chi connectivity index (χ2n) is 2.97. The molecular weight excluding hydrogens is 215 g/mol. The van der Waals surface area contributed by atoms with E-state index in [1.165, 1.54) is 6.07 Å². The van der Waals surface area contributed by atoms with Crippen LogP contribution in [-0.2, 0) is 0 Å². The van der Waals surface area contributed by atoms with E-state index in [1.807, 2.05) is 6.07 Å². The van der Waals surface area contributed by atoms with Crippen molar-refractivity contribution in [2.45, 2.75) is 0 Å². The van der Waals surface area contributed by atoms with E-state index >= 15 is 0 Å². The van der Waals surface area contributed by atoms with Gasteiger partial charge in [0.15, 0.2) is 5.13 Å². The Kier molecular flexibility index (Phi) is 2.51. The number of hydrogen-bond acceptors (Lipinski definition) is 2. The van der Waals surface area contributed by atoms with Crippen molar-refractivity contribution >= 4 is 17.3 Å². The first-order chi connectivity index (χ1) is 7.18. The van der Waals surface area contributed by atoms with Gasteiger partial charge in [0.05, 0.1) is 0 Å². The zero-order valence-corrected chi connectivity index (χ0v) is 8.42. The summed E-state index contributed by atoms with van der Waals surface area (Å²) < 4.78 is 13.4. The zero-order chi connectivity index (χ0) is 10.8. The summed E-state index contributed by atoms with van der Waals surface area (Å²) in [5, 5.41) is 8.25. The van der Waals surface area contributed by atoms with Crippen molar-refractivity contribution in [3.63, 3.8) is 0 Å². The van der Waals surface area contributed by atoms with Gasteiger partial charge in [0.2, 0.25) is 0 Å². The van der Waals surface area contributed by atoms with Crippen molar-refractivity contribution in [1.82, 2.24) is 0 Å². The Morgan fingerprint density at radius 3 is 2.47 bits per heavy atom. The third-order valence-electron chi connectivity index (χ3n) is 1.98. The van der Waals surface area contributed by atoms with Crippen molar-refractivity contribution in [3.8, 4) is 11.1 Å². The van der Waals surface area contributed by atoms with Crippen LogP contribution in [0, 0.1) is 5.13 Å². The molecule has 1 heterocycles. The van der Waals surface area contributed by atoms with Gasteiger partial charge in [0.25, 0.3) is 0 Å². The van der Waals surface area contributed by atoms with E-state index in [0.717, 1.165) is 0 Å². The minimum atomic E-state index is -1.10. The number of carboxylic acids is 1. The van der Waals surface area contributed by atoms with Crippen LogP contribution in [0.2, 0.25) is 0 Å². The molecule has 1 aromatic heterocycles. The van der Waals surface area contributed by atoms with E-state index in [0.29, 0.717) is 22.5 Å². The van der Waals surface area contributed by atoms with Gasteiger partial charge < -0.3 is 5.11 Å². The molecule has 1 N–H and O–H groups in total. The maximum atomic E-state index is 13.4. The number of rotatable bonds is 2. The van der Waals surface area contributed by atoms with Crippen molar-refractivity contribution in [2.24, 2.45) is 0 Å². The number of hydrogen-bond donors (Lipinski definition) is 1. The average molecular weight is 222 g/mol. The highest BCUT2D eigenvalue weighted by Crippen LogP contribution is 2.29. The molecule has 1 aromatic carbocycles. The number of thiophene rings is 1. The number of halogens is 1. The Balaban J connectivity index is 2.50. The second kappa shape index (κ2) is 3.82. The smallest absolute Gasteiger partial charge is 0.345 e. The summed E-state index contributed by atoms with van der Waals surface area (Å²) in [5.74, 6) is -1.10. The van der Waals surface area contributed by atoms with Gasteiger partial charge in [0.1, 0.15) is 4.88 Å². The largest absolute Gasteiger partial charge is 0.477 e. The minimum absolute atomic E-state index is 0.0198. The molecule has 0 amide bonds. The van der Waals surface area contributed by atoms with Crippen molar-refractivity contribution < 1.29 is 14.3 Å². The number of carboxylic acid groups (broad SMARTS) is 1. The SMILES string of the molecule is O=C(O)c1cc(-c2ccccc2)c(F)s1. The molecule has 4 heteroatoms. The molecule has 0 aliphatic heterocycles. The first-order valence-electron chi connectivity index (χ1n) is 4.26. The molecule has 2 aromatic rings. The summed E-state index contributed by atoms with van der Waals surface area (Å²) in [6.45, 7) is 0. The van der Waals surface area contributed by atoms with E-state index in [1.54, 1.807) is 24.3 Å². The maximum absolute atomic E-state index is 13.4. The molecule has 0 spiro atoms. The highest BCUT2D eigenvalue weighted by Gasteiger charge is 2.14. The van der Waals surface area contributed by atoms with Crippen LogP contribution in [0.15, 0.2) is 36.4 Å². The highest BCUT2D eigenvalue weighted by molar-refractivity contribution is 7.12. The van der Waals surface area contributed by atoms with Gasteiger partial charge in [-0.2, -0.15) is 4.39 Å². The molecule has 0 unspecified atom stereocenters. The van der Waals surface area contributed by atoms with Crippen LogP contribution < -0.4 is 0 Å². The van der Waals surface area contributed by atoms with Gasteiger partial charge in [-0.1, -0.05) is 41.7 Å². The molecule has 15 heavy (non-hydrogen) atoms. The van der Waals surface area contributed by atoms with Gasteiger partial charge in [-0.3, -0.25) is 0 Å². The molecule has 2 nitrogen and oxygen atoms in total. The number of benzene rings is 1. The fourth-order valence-electron chi connectivity index (χ4n) is 1.29. The lowest BCUT2D eigenvalue weighted by molar-refractivity contribution is 0.0702. The summed E-state index contributed by atoms with van der Waals surface area (Å²) in [7, 11) is 0. The third kappa shape index (κ3) is 1.89. The molecular formula is C11H7FO2S. The molecule has 2 rings (SSSR count). The Labute approximate surface area is 89.6 Å². The monoisotopic (exact) mass is 222 g/mol. The second-order valence-corrected chi connectivity index (χ2v) is 3.97. The van der Waals surface area contributed by atoms with Gasteiger partial charge >= 0.3 is 5.97 Å². The van der Waals surface area contributed by atoms with Crippen LogP contribution >= 0.6 is 11.3 Å². The third-order valence-corrected chi connectivity index (χ3v) is 2.89. The summed E-state index contributed by atoms with van der Waals surface area (Å²) in [5.41, 5.74) is 1.04. The summed E-state index contributed by atoms with van der Waals surface area (Å²) in [6, 6.07) is 10.2. The topological polar surface area (TPSA) is 37.3 Å². The first kappa shape index (κ1) is 9.86. The van der Waals surface area contributed by atoms with Crippen LogP contribution in [0.25, 0.3) is 11.1 Å². The Bertz CT molecular complexity index is 491. The Morgan fingerprint density at radius 2 is 1.93 bits per heavy atom. The quantitative estimate of drug-likeness (QED) is 0.846. The average Bonchev–Trinajstić information content (AvgIpc) is 2.62. The van der Waals surface area contributed by atoms with Crippen LogP contribution in [0.5, 0.6) is 0 Å². The molecule has 0 saturated carbocycles. The van der Waals surface area contributed by atoms with E-state index in [-0.39, 0.29) is 4.88 Å². The molecule has 0 fully saturated rings. The van der Waals surface area contributed by atoms with E-state index in [9.17, 15) is 9.18 Å². The maximum Gasteiger partial charge on any atom is 0.345 e. The molecule has 76 valence electrons. The standard InChI is InChI=1S/C11H7FO2S/c12-10-8(6-9(15-10)11(13)14)7-4-2-1-3-5-7/h1-6H,(H,13,14). The summed E-state index contributed by atoms with van der Waals surface area (Å²) in [4.78, 5) is 10.7. The molecule has 0 atom stereocenters. The lowest BCUT2D eigenvalue weighted by Gasteiger charge is -1.95. The Hall–Kier alpha value is -1.68. The van der Waals surface area contributed by atoms with Gasteiger partial charge in [0, 0.05) is 5.56 Å². The predicted molar refractivity (Wildman–Crippen MR) is 56.7 cm³/mol. The van der Waals surface area contributed by atoms with Crippen molar-refractivity contribution in [1.29, 1.82) is 0 Å². The van der Waals surface area contributed by atoms with Crippen LogP contribution in [0.3, 0.4) is 0 Å². The summed E-state index contributed by atoms with van der Waals surface area (Å²) in [6.07, 6.45) is 0. The van der Waals surface area contributed by atoms with Crippen LogP contribution in [0.4, 0.5) is 4.39 Å². The van der Waals surface area contributed by atoms with Gasteiger partial charge in [-0.15, -0.1) is 0 Å². The fraction of sp³-hybridized carbons (Fsp3) is 0. The molecule has 0 aliphatic carbocycles. The molecule has 0 bridgehead atoms. The summed E-state index contributed by atoms with van der Waals surface area (Å²) >= 11 is 0.651. The molecule has 0 radical (unpaired) electrons. The fourth-order valence-corrected chi connectivity index (χ4v) is 2.03. The predicted octanol–water partition coefficient (Wildman–Crippen LogP) is 3.25. The van der Waals surface area contributed by atoms with E-state index in [4.69, 9.17) is 5.11 Å². The van der Waals surface area contributed by atoms with Crippen molar-refractivity contribution in [3.05, 3.63) is 46.4 Å². The van der Waals surface area contributed by atoms with Gasteiger partial charge in [-0.05, 0) is 11.6 Å². The van der Waals surface area contributed by atoms with E-state index in [2.05, 4.69) is 0 Å². The molecule has 0 aliphatic rings. The van der Waals surface area contributed by atoms with Gasteiger partial charge in [-0.25, -0.2) is 4.79 Å². The lowest BCUT2D eigenvalue weighted by Crippen LogP contribution is -1.89. The Morgan fingerprint density at radius 1 is 1.27 bits per heavy atom. The zero-order valence-electron chi connectivity index (χ0n) is 7.61. The lowest BCUT2D eigenvalue weighted by atomic mass is 10.1. The van der Waals surface area contributed by atoms with Crippen molar-refractivity contribution in [2.75, 3.05) is 0 Å². The highest BCUT2D eigenvalue weighted by atomic mass is 32.1. The van der Waals surface area contributed by atoms with Crippen LogP contribution in [0.1, 0.15) is 9.67 Å². The number of carbonyl (C=O) groups is 1. The first-order valence-corrected chi connectivity index (χ1v) is 5.08. The number of aromatic carboxylic acids is 1. The minimum Gasteiger partial charge on any atom is -0.477 e. The normalized spacial score (nSPS) is 10.2. The van der Waals surface area contributed by atoms with E-state index < -0.39 is 11.1 Å². The molecule has 0 saturated heterocycles. The van der Waals surface area contributed by atoms with Crippen LogP contribution in [-0.4, -0.2) is 11.1 Å².